The summed E-state index contributed by atoms with van der Waals surface area (Å²) in [6.45, 7) is 4.40. The molecule has 5 nitrogen and oxygen atoms in total. The molecule has 1 aromatic carbocycles. The number of ether oxygens (including phenoxy) is 1. The monoisotopic (exact) mass is 259 g/mol. The van der Waals surface area contributed by atoms with Gasteiger partial charge >= 0.3 is 0 Å². The van der Waals surface area contributed by atoms with Crippen molar-refractivity contribution >= 4 is 0 Å². The minimum atomic E-state index is -0.134. The van der Waals surface area contributed by atoms with Crippen LogP contribution in [0.1, 0.15) is 24.5 Å². The lowest BCUT2D eigenvalue weighted by molar-refractivity contribution is 0.00755. The maximum absolute atomic E-state index is 5.59. The van der Waals surface area contributed by atoms with Crippen molar-refractivity contribution in [1.29, 1.82) is 0 Å². The second kappa shape index (κ2) is 5.50. The van der Waals surface area contributed by atoms with Crippen LogP contribution in [0.2, 0.25) is 0 Å². The minimum absolute atomic E-state index is 0.134. The molecule has 0 spiro atoms. The Morgan fingerprint density at radius 3 is 2.84 bits per heavy atom. The normalized spacial score (nSPS) is 19.5. The summed E-state index contributed by atoms with van der Waals surface area (Å²) in [5.74, 6) is 1.16. The first kappa shape index (κ1) is 12.3. The average Bonchev–Trinajstić information content (AvgIpc) is 2.98. The van der Waals surface area contributed by atoms with Crippen molar-refractivity contribution in [1.82, 2.24) is 15.5 Å². The van der Waals surface area contributed by atoms with Gasteiger partial charge in [0.25, 0.3) is 5.89 Å². The van der Waals surface area contributed by atoms with E-state index in [9.17, 15) is 0 Å². The molecule has 0 unspecified atom stereocenters. The zero-order valence-corrected chi connectivity index (χ0v) is 10.9. The number of hydrogen-bond acceptors (Lipinski definition) is 5. The number of rotatable bonds is 3. The summed E-state index contributed by atoms with van der Waals surface area (Å²) in [5.41, 5.74) is 2.27. The van der Waals surface area contributed by atoms with Gasteiger partial charge in [-0.2, -0.15) is 4.98 Å². The molecule has 0 amide bonds. The van der Waals surface area contributed by atoms with Crippen LogP contribution in [-0.2, 0) is 11.2 Å². The van der Waals surface area contributed by atoms with Crippen LogP contribution in [0.3, 0.4) is 0 Å². The molecule has 5 heteroatoms. The Morgan fingerprint density at radius 2 is 2.16 bits per heavy atom. The average molecular weight is 259 g/mol. The van der Waals surface area contributed by atoms with Crippen molar-refractivity contribution in [2.45, 2.75) is 19.4 Å². The fraction of sp³-hybridized carbons (Fsp3) is 0.429. The molecule has 19 heavy (non-hydrogen) atoms. The van der Waals surface area contributed by atoms with Crippen LogP contribution in [0.25, 0.3) is 11.4 Å². The highest BCUT2D eigenvalue weighted by Crippen LogP contribution is 2.21. The summed E-state index contributed by atoms with van der Waals surface area (Å²) in [6.07, 6.45) is 0.893. The van der Waals surface area contributed by atoms with Crippen LogP contribution < -0.4 is 5.32 Å². The molecule has 1 saturated heterocycles. The summed E-state index contributed by atoms with van der Waals surface area (Å²) >= 11 is 0. The van der Waals surface area contributed by atoms with Crippen LogP contribution in [0.5, 0.6) is 0 Å². The number of morpholine rings is 1. The Labute approximate surface area is 112 Å². The fourth-order valence-electron chi connectivity index (χ4n) is 2.10. The molecule has 1 atom stereocenters. The predicted molar refractivity (Wildman–Crippen MR) is 70.7 cm³/mol. The summed E-state index contributed by atoms with van der Waals surface area (Å²) < 4.78 is 10.9. The number of aryl methyl sites for hydroxylation is 1. The molecule has 1 aliphatic heterocycles. The van der Waals surface area contributed by atoms with Crippen LogP contribution in [-0.4, -0.2) is 29.8 Å². The number of nitrogens with zero attached hydrogens (tertiary/aromatic N) is 2. The Morgan fingerprint density at radius 1 is 1.32 bits per heavy atom. The maximum Gasteiger partial charge on any atom is 0.257 e. The lowest BCUT2D eigenvalue weighted by Crippen LogP contribution is -2.33. The van der Waals surface area contributed by atoms with Crippen LogP contribution >= 0.6 is 0 Å². The summed E-state index contributed by atoms with van der Waals surface area (Å²) in [5, 5.41) is 7.27. The third-order valence-corrected chi connectivity index (χ3v) is 3.27. The molecule has 1 aliphatic rings. The molecule has 1 fully saturated rings. The summed E-state index contributed by atoms with van der Waals surface area (Å²) in [6, 6.07) is 8.22. The van der Waals surface area contributed by atoms with Crippen LogP contribution in [0, 0.1) is 0 Å². The van der Waals surface area contributed by atoms with Gasteiger partial charge < -0.3 is 14.6 Å². The van der Waals surface area contributed by atoms with E-state index in [0.29, 0.717) is 18.3 Å². The van der Waals surface area contributed by atoms with Gasteiger partial charge in [0.05, 0.1) is 6.61 Å². The van der Waals surface area contributed by atoms with Crippen molar-refractivity contribution in [3.63, 3.8) is 0 Å². The molecule has 0 radical (unpaired) electrons. The molecule has 100 valence electrons. The highest BCUT2D eigenvalue weighted by atomic mass is 16.5. The third kappa shape index (κ3) is 2.67. The molecule has 0 bridgehead atoms. The highest BCUT2D eigenvalue weighted by molar-refractivity contribution is 5.54. The van der Waals surface area contributed by atoms with Gasteiger partial charge in [0.15, 0.2) is 0 Å². The van der Waals surface area contributed by atoms with Crippen LogP contribution in [0.15, 0.2) is 28.8 Å². The lowest BCUT2D eigenvalue weighted by atomic mass is 10.1. The number of aromatic nitrogens is 2. The Kier molecular flexibility index (Phi) is 3.57. The van der Waals surface area contributed by atoms with Gasteiger partial charge in [-0.3, -0.25) is 0 Å². The SMILES string of the molecule is CCc1ccc(-c2noc([C@@H]3CNCCO3)n2)cc1. The number of nitrogens with one attached hydrogen (secondary N) is 1. The van der Waals surface area contributed by atoms with Crippen molar-refractivity contribution in [2.75, 3.05) is 19.7 Å². The first-order chi connectivity index (χ1) is 9.36. The van der Waals surface area contributed by atoms with Crippen LogP contribution in [0.4, 0.5) is 0 Å². The summed E-state index contributed by atoms with van der Waals surface area (Å²) in [4.78, 5) is 4.42. The third-order valence-electron chi connectivity index (χ3n) is 3.27. The minimum Gasteiger partial charge on any atom is -0.366 e. The van der Waals surface area contributed by atoms with Gasteiger partial charge in [0.2, 0.25) is 5.82 Å². The smallest absolute Gasteiger partial charge is 0.257 e. The number of benzene rings is 1. The zero-order chi connectivity index (χ0) is 13.1. The van der Waals surface area contributed by atoms with E-state index in [1.54, 1.807) is 0 Å². The highest BCUT2D eigenvalue weighted by Gasteiger charge is 2.22. The van der Waals surface area contributed by atoms with E-state index in [1.165, 1.54) is 5.56 Å². The lowest BCUT2D eigenvalue weighted by Gasteiger charge is -2.19. The van der Waals surface area contributed by atoms with Gasteiger partial charge in [-0.25, -0.2) is 0 Å². The van der Waals surface area contributed by atoms with Gasteiger partial charge in [-0.1, -0.05) is 36.3 Å². The Balaban J connectivity index is 1.79. The van der Waals surface area contributed by atoms with Gasteiger partial charge in [-0.05, 0) is 12.0 Å². The molecular weight excluding hydrogens is 242 g/mol. The van der Waals surface area contributed by atoms with E-state index in [0.717, 1.165) is 25.1 Å². The van der Waals surface area contributed by atoms with Crippen molar-refractivity contribution in [3.8, 4) is 11.4 Å². The topological polar surface area (TPSA) is 60.2 Å². The van der Waals surface area contributed by atoms with E-state index < -0.39 is 0 Å². The molecule has 0 saturated carbocycles. The maximum atomic E-state index is 5.59. The van der Waals surface area contributed by atoms with E-state index in [4.69, 9.17) is 9.26 Å². The second-order valence-electron chi connectivity index (χ2n) is 4.57. The van der Waals surface area contributed by atoms with Gasteiger partial charge in [-0.15, -0.1) is 0 Å². The molecule has 2 heterocycles. The number of hydrogen-bond donors (Lipinski definition) is 1. The molecule has 2 aromatic rings. The molecule has 3 rings (SSSR count). The quantitative estimate of drug-likeness (QED) is 0.913. The van der Waals surface area contributed by atoms with Gasteiger partial charge in [0, 0.05) is 18.7 Å². The predicted octanol–water partition coefficient (Wildman–Crippen LogP) is 1.96. The zero-order valence-electron chi connectivity index (χ0n) is 10.9. The van der Waals surface area contributed by atoms with E-state index in [1.807, 2.05) is 12.1 Å². The van der Waals surface area contributed by atoms with Crippen molar-refractivity contribution < 1.29 is 9.26 Å². The molecule has 0 aliphatic carbocycles. The first-order valence-electron chi connectivity index (χ1n) is 6.62. The largest absolute Gasteiger partial charge is 0.366 e. The van der Waals surface area contributed by atoms with E-state index in [-0.39, 0.29) is 6.10 Å². The second-order valence-corrected chi connectivity index (χ2v) is 4.57. The van der Waals surface area contributed by atoms with E-state index >= 15 is 0 Å². The van der Waals surface area contributed by atoms with Crippen molar-refractivity contribution in [3.05, 3.63) is 35.7 Å². The Hall–Kier alpha value is -1.72. The molecular formula is C14H17N3O2. The van der Waals surface area contributed by atoms with Gasteiger partial charge in [0.1, 0.15) is 6.10 Å². The molecule has 1 aromatic heterocycles. The molecule has 1 N–H and O–H groups in total. The summed E-state index contributed by atoms with van der Waals surface area (Å²) in [7, 11) is 0. The first-order valence-corrected chi connectivity index (χ1v) is 6.62. The van der Waals surface area contributed by atoms with E-state index in [2.05, 4.69) is 34.5 Å². The standard InChI is InChI=1S/C14H17N3O2/c1-2-10-3-5-11(6-4-10)13-16-14(19-17-13)12-9-15-7-8-18-12/h3-6,12,15H,2,7-9H2,1H3/t12-/m0/s1. The Bertz CT molecular complexity index is 530. The van der Waals surface area contributed by atoms with Crippen molar-refractivity contribution in [2.24, 2.45) is 0 Å². The fourth-order valence-corrected chi connectivity index (χ4v) is 2.10.